The van der Waals surface area contributed by atoms with Crippen LogP contribution in [-0.4, -0.2) is 27.7 Å². The number of hydrogen-bond donors (Lipinski definition) is 3. The lowest BCUT2D eigenvalue weighted by molar-refractivity contribution is 0.348. The Morgan fingerprint density at radius 1 is 1.57 bits per heavy atom. The number of aryl methyl sites for hydroxylation is 1. The summed E-state index contributed by atoms with van der Waals surface area (Å²) < 4.78 is 1.81. The van der Waals surface area contributed by atoms with Crippen LogP contribution in [0.3, 0.4) is 0 Å². The first kappa shape index (κ1) is 9.35. The Labute approximate surface area is 87.3 Å². The summed E-state index contributed by atoms with van der Waals surface area (Å²) in [6, 6.07) is 0. The maximum atomic E-state index is 4.40. The minimum Gasteiger partial charge on any atom is -0.274 e. The van der Waals surface area contributed by atoms with Gasteiger partial charge in [-0.15, -0.1) is 23.3 Å². The van der Waals surface area contributed by atoms with E-state index in [1.165, 1.54) is 0 Å². The topological polar surface area (TPSA) is 57.5 Å². The van der Waals surface area contributed by atoms with E-state index in [-0.39, 0.29) is 0 Å². The summed E-state index contributed by atoms with van der Waals surface area (Å²) >= 11 is 4.40. The van der Waals surface area contributed by atoms with Gasteiger partial charge in [0.2, 0.25) is 0 Å². The molecule has 0 radical (unpaired) electrons. The molecule has 2 rings (SSSR count). The van der Waals surface area contributed by atoms with Gasteiger partial charge in [-0.2, -0.15) is 5.10 Å². The molecule has 0 amide bonds. The fourth-order valence-corrected chi connectivity index (χ4v) is 1.64. The number of aromatic nitrogens is 2. The SMILES string of the molecule is CCn1ncc(C2=NNNN2C)c1S. The Balaban J connectivity index is 2.37. The van der Waals surface area contributed by atoms with Gasteiger partial charge in [-0.3, -0.25) is 9.69 Å². The third kappa shape index (κ3) is 1.34. The minimum atomic E-state index is 0.787. The van der Waals surface area contributed by atoms with E-state index in [0.29, 0.717) is 0 Å². The molecule has 6 nitrogen and oxygen atoms in total. The lowest BCUT2D eigenvalue weighted by atomic mass is 10.3. The van der Waals surface area contributed by atoms with Crippen LogP contribution in [0.1, 0.15) is 12.5 Å². The van der Waals surface area contributed by atoms with Gasteiger partial charge in [0, 0.05) is 13.6 Å². The van der Waals surface area contributed by atoms with Crippen LogP contribution in [0.4, 0.5) is 0 Å². The van der Waals surface area contributed by atoms with Crippen LogP contribution in [0.5, 0.6) is 0 Å². The van der Waals surface area contributed by atoms with Crippen molar-refractivity contribution in [3.63, 3.8) is 0 Å². The highest BCUT2D eigenvalue weighted by Gasteiger charge is 2.19. The monoisotopic (exact) mass is 212 g/mol. The fourth-order valence-electron chi connectivity index (χ4n) is 1.29. The van der Waals surface area contributed by atoms with E-state index in [0.717, 1.165) is 23.0 Å². The molecule has 14 heavy (non-hydrogen) atoms. The number of hydrogen-bond acceptors (Lipinski definition) is 6. The van der Waals surface area contributed by atoms with Crippen molar-refractivity contribution in [3.8, 4) is 0 Å². The van der Waals surface area contributed by atoms with Crippen molar-refractivity contribution in [1.82, 2.24) is 25.9 Å². The van der Waals surface area contributed by atoms with Crippen LogP contribution < -0.4 is 11.1 Å². The first-order chi connectivity index (χ1) is 6.74. The Hall–Kier alpha value is -1.21. The van der Waals surface area contributed by atoms with E-state index < -0.39 is 0 Å². The van der Waals surface area contributed by atoms with Crippen molar-refractivity contribution in [2.45, 2.75) is 18.5 Å². The predicted molar refractivity (Wildman–Crippen MR) is 55.7 cm³/mol. The maximum absolute atomic E-state index is 4.40. The molecule has 0 saturated carbocycles. The molecule has 0 aromatic carbocycles. The van der Waals surface area contributed by atoms with E-state index >= 15 is 0 Å². The summed E-state index contributed by atoms with van der Waals surface area (Å²) in [4.78, 5) is 0. The quantitative estimate of drug-likeness (QED) is 0.595. The van der Waals surface area contributed by atoms with Gasteiger partial charge in [-0.05, 0) is 6.92 Å². The molecule has 1 aliphatic rings. The number of rotatable bonds is 2. The van der Waals surface area contributed by atoms with Crippen LogP contribution >= 0.6 is 12.6 Å². The van der Waals surface area contributed by atoms with E-state index in [9.17, 15) is 0 Å². The van der Waals surface area contributed by atoms with E-state index in [1.54, 1.807) is 11.2 Å². The summed E-state index contributed by atoms with van der Waals surface area (Å²) in [6.07, 6.45) is 1.76. The maximum Gasteiger partial charge on any atom is 0.177 e. The predicted octanol–water partition coefficient (Wildman–Crippen LogP) is -0.192. The zero-order valence-corrected chi connectivity index (χ0v) is 8.91. The van der Waals surface area contributed by atoms with Crippen molar-refractivity contribution in [2.75, 3.05) is 7.05 Å². The molecule has 0 atom stereocenters. The Morgan fingerprint density at radius 2 is 2.36 bits per heavy atom. The minimum absolute atomic E-state index is 0.787. The summed E-state index contributed by atoms with van der Waals surface area (Å²) in [6.45, 7) is 2.82. The van der Waals surface area contributed by atoms with Crippen molar-refractivity contribution in [1.29, 1.82) is 0 Å². The van der Waals surface area contributed by atoms with Gasteiger partial charge >= 0.3 is 0 Å². The van der Waals surface area contributed by atoms with Gasteiger partial charge in [0.25, 0.3) is 0 Å². The Kier molecular flexibility index (Phi) is 2.34. The van der Waals surface area contributed by atoms with Gasteiger partial charge in [0.1, 0.15) is 5.03 Å². The second-order valence-electron chi connectivity index (χ2n) is 2.92. The largest absolute Gasteiger partial charge is 0.274 e. The standard InChI is InChI=1S/C7H12N6S/c1-3-13-7(14)5(4-8-13)6-9-10-11-12(6)2/h4,10-11,14H,3H2,1-2H3. The molecule has 76 valence electrons. The van der Waals surface area contributed by atoms with Gasteiger partial charge in [-0.25, -0.2) is 5.53 Å². The smallest absolute Gasteiger partial charge is 0.177 e. The Morgan fingerprint density at radius 3 is 2.86 bits per heavy atom. The molecular formula is C7H12N6S. The van der Waals surface area contributed by atoms with E-state index in [4.69, 9.17) is 0 Å². The first-order valence-corrected chi connectivity index (χ1v) is 4.76. The molecule has 0 spiro atoms. The summed E-state index contributed by atoms with van der Waals surface area (Å²) in [7, 11) is 1.87. The summed E-state index contributed by atoms with van der Waals surface area (Å²) in [5.41, 5.74) is 6.41. The van der Waals surface area contributed by atoms with E-state index in [1.807, 2.05) is 18.7 Å². The van der Waals surface area contributed by atoms with Crippen molar-refractivity contribution in [3.05, 3.63) is 11.8 Å². The average molecular weight is 212 g/mol. The second-order valence-corrected chi connectivity index (χ2v) is 3.34. The van der Waals surface area contributed by atoms with Gasteiger partial charge in [-0.1, -0.05) is 0 Å². The summed E-state index contributed by atoms with van der Waals surface area (Å²) in [5.74, 6) is 0.787. The number of nitrogens with one attached hydrogen (secondary N) is 2. The van der Waals surface area contributed by atoms with Gasteiger partial charge in [0.15, 0.2) is 5.84 Å². The molecule has 0 fully saturated rings. The zero-order chi connectivity index (χ0) is 10.1. The zero-order valence-electron chi connectivity index (χ0n) is 8.02. The lowest BCUT2D eigenvalue weighted by Crippen LogP contribution is -2.37. The van der Waals surface area contributed by atoms with Crippen molar-refractivity contribution >= 4 is 18.5 Å². The number of nitrogens with zero attached hydrogens (tertiary/aromatic N) is 4. The molecule has 7 heteroatoms. The van der Waals surface area contributed by atoms with Crippen LogP contribution in [0.25, 0.3) is 0 Å². The highest BCUT2D eigenvalue weighted by Crippen LogP contribution is 2.15. The molecule has 0 aliphatic carbocycles. The third-order valence-corrected chi connectivity index (χ3v) is 2.52. The lowest BCUT2D eigenvalue weighted by Gasteiger charge is -2.11. The molecule has 1 aliphatic heterocycles. The average Bonchev–Trinajstić information content (AvgIpc) is 2.72. The van der Waals surface area contributed by atoms with Crippen molar-refractivity contribution < 1.29 is 0 Å². The molecule has 0 saturated heterocycles. The molecule has 2 N–H and O–H groups in total. The number of hydrazone groups is 1. The van der Waals surface area contributed by atoms with Crippen LogP contribution in [0.15, 0.2) is 16.3 Å². The number of amidine groups is 1. The molecule has 1 aromatic heterocycles. The van der Waals surface area contributed by atoms with Gasteiger partial charge < -0.3 is 0 Å². The first-order valence-electron chi connectivity index (χ1n) is 4.31. The number of hydrazine groups is 2. The highest BCUT2D eigenvalue weighted by atomic mass is 32.1. The Bertz CT molecular complexity index is 370. The summed E-state index contributed by atoms with van der Waals surface area (Å²) in [5, 5.41) is 10.9. The molecule has 2 heterocycles. The number of thiol groups is 1. The molecule has 1 aromatic rings. The van der Waals surface area contributed by atoms with E-state index in [2.05, 4.69) is 33.9 Å². The van der Waals surface area contributed by atoms with Crippen molar-refractivity contribution in [2.24, 2.45) is 5.10 Å². The fraction of sp³-hybridized carbons (Fsp3) is 0.429. The van der Waals surface area contributed by atoms with Crippen LogP contribution in [-0.2, 0) is 6.54 Å². The normalized spacial score (nSPS) is 15.6. The third-order valence-electron chi connectivity index (χ3n) is 2.05. The van der Waals surface area contributed by atoms with Gasteiger partial charge in [0.05, 0.1) is 11.8 Å². The molecular weight excluding hydrogens is 200 g/mol. The highest BCUT2D eigenvalue weighted by molar-refractivity contribution is 7.80. The van der Waals surface area contributed by atoms with Crippen LogP contribution in [0, 0.1) is 0 Å². The molecule has 0 bridgehead atoms. The second kappa shape index (κ2) is 3.50. The molecule has 0 unspecified atom stereocenters. The van der Waals surface area contributed by atoms with Crippen LogP contribution in [0.2, 0.25) is 0 Å².